The van der Waals surface area contributed by atoms with Crippen LogP contribution in [0.25, 0.3) is 0 Å². The first-order chi connectivity index (χ1) is 16.2. The first-order valence-electron chi connectivity index (χ1n) is 11.1. The van der Waals surface area contributed by atoms with Crippen LogP contribution in [-0.4, -0.2) is 77.4 Å². The van der Waals surface area contributed by atoms with E-state index in [0.717, 1.165) is 15.6 Å². The van der Waals surface area contributed by atoms with Gasteiger partial charge in [-0.25, -0.2) is 0 Å². The number of nitrogens with zero attached hydrogens (tertiary/aromatic N) is 3. The molecule has 3 atom stereocenters. The summed E-state index contributed by atoms with van der Waals surface area (Å²) < 4.78 is 12.2. The van der Waals surface area contributed by atoms with Crippen molar-refractivity contribution in [3.05, 3.63) is 58.1 Å². The van der Waals surface area contributed by atoms with Crippen LogP contribution in [0.4, 0.5) is 0 Å². The fourth-order valence-corrected chi connectivity index (χ4v) is 4.13. The minimum Gasteiger partial charge on any atom is -0.491 e. The van der Waals surface area contributed by atoms with E-state index in [1.54, 1.807) is 5.01 Å². The molecule has 0 aromatic heterocycles. The Morgan fingerprint density at radius 3 is 2.41 bits per heavy atom. The molecule has 3 rings (SSSR count). The Morgan fingerprint density at radius 1 is 1.09 bits per heavy atom. The van der Waals surface area contributed by atoms with Crippen LogP contribution in [-0.2, 0) is 5.41 Å². The first kappa shape index (κ1) is 26.7. The van der Waals surface area contributed by atoms with E-state index >= 15 is 0 Å². The summed E-state index contributed by atoms with van der Waals surface area (Å²) in [5.74, 6) is 1.42. The number of aliphatic hydroxyl groups excluding tert-OH is 3. The highest BCUT2D eigenvalue weighted by Gasteiger charge is 2.25. The number of halogens is 2. The Hall–Kier alpha value is -1.91. The summed E-state index contributed by atoms with van der Waals surface area (Å²) in [4.78, 5) is 0. The molecule has 186 valence electrons. The minimum atomic E-state index is -0.758. The van der Waals surface area contributed by atoms with Gasteiger partial charge in [-0.05, 0) is 51.3 Å². The molecule has 1 aliphatic heterocycles. The van der Waals surface area contributed by atoms with Crippen molar-refractivity contribution in [3.8, 4) is 11.5 Å². The van der Waals surface area contributed by atoms with Crippen LogP contribution in [0.2, 0.25) is 0 Å². The molecule has 2 aromatic rings. The summed E-state index contributed by atoms with van der Waals surface area (Å²) in [6.07, 6.45) is -1.47. The lowest BCUT2D eigenvalue weighted by molar-refractivity contribution is 0.0488. The fraction of sp³-hybridized carbons (Fsp3) is 0.500. The van der Waals surface area contributed by atoms with E-state index in [-0.39, 0.29) is 43.7 Å². The van der Waals surface area contributed by atoms with Gasteiger partial charge in [0.2, 0.25) is 0 Å². The molecule has 0 saturated carbocycles. The van der Waals surface area contributed by atoms with Gasteiger partial charge in [0.25, 0.3) is 0 Å². The fourth-order valence-electron chi connectivity index (χ4n) is 3.55. The molecule has 8 nitrogen and oxygen atoms in total. The number of hydrogen-bond acceptors (Lipinski definition) is 8. The number of aliphatic hydroxyl groups is 3. The van der Waals surface area contributed by atoms with Crippen LogP contribution in [0, 0.1) is 0 Å². The minimum absolute atomic E-state index is 0.0543. The molecule has 0 saturated heterocycles. The second-order valence-corrected chi connectivity index (χ2v) is 9.91. The lowest BCUT2D eigenvalue weighted by Gasteiger charge is -2.27. The Bertz CT molecular complexity index is 960. The average molecular weight is 557 g/mol. The molecule has 3 N–H and O–H groups in total. The van der Waals surface area contributed by atoms with E-state index in [1.807, 2.05) is 42.5 Å². The Morgan fingerprint density at radius 2 is 1.76 bits per heavy atom. The predicted octanol–water partition coefficient (Wildman–Crippen LogP) is 3.54. The quantitative estimate of drug-likeness (QED) is 0.345. The molecule has 10 heteroatoms. The summed E-state index contributed by atoms with van der Waals surface area (Å²) in [5.41, 5.74) is 1.91. The van der Waals surface area contributed by atoms with Crippen LogP contribution < -0.4 is 9.47 Å². The summed E-state index contributed by atoms with van der Waals surface area (Å²) in [5, 5.41) is 38.6. The third-order valence-corrected chi connectivity index (χ3v) is 6.76. The van der Waals surface area contributed by atoms with E-state index in [1.165, 1.54) is 0 Å². The molecule has 34 heavy (non-hydrogen) atoms. The lowest BCUT2D eigenvalue weighted by Crippen LogP contribution is -2.39. The van der Waals surface area contributed by atoms with E-state index in [9.17, 15) is 15.3 Å². The number of alkyl halides is 1. The van der Waals surface area contributed by atoms with Crippen LogP contribution in [0.3, 0.4) is 0 Å². The standard InChI is InChI=1S/C24H31BrClN3O5/c1-24(2,17-5-8-23(22(25)9-17)34-14-19(31)10-26)16-3-6-21(7-4-16)33-15-20(32)12-29-18(13-30)11-27-28-29/h3-9,18-20,30-32H,10-15H2,1-2H3. The topological polar surface area (TPSA) is 107 Å². The molecule has 3 unspecified atom stereocenters. The SMILES string of the molecule is CC(C)(c1ccc(OCC(O)CN2N=NCC2CO)cc1)c1ccc(OCC(O)CCl)c(Br)c1. The van der Waals surface area contributed by atoms with Gasteiger partial charge in [-0.1, -0.05) is 37.3 Å². The van der Waals surface area contributed by atoms with Crippen molar-refractivity contribution in [3.63, 3.8) is 0 Å². The summed E-state index contributed by atoms with van der Waals surface area (Å²) >= 11 is 9.18. The number of hydrogen-bond donors (Lipinski definition) is 3. The van der Waals surface area contributed by atoms with Crippen LogP contribution in [0.1, 0.15) is 25.0 Å². The molecule has 1 aliphatic rings. The third-order valence-electron chi connectivity index (χ3n) is 5.78. The Labute approximate surface area is 213 Å². The predicted molar refractivity (Wildman–Crippen MR) is 134 cm³/mol. The van der Waals surface area contributed by atoms with Crippen molar-refractivity contribution < 1.29 is 24.8 Å². The summed E-state index contributed by atoms with van der Waals surface area (Å²) in [6, 6.07) is 13.5. The molecule has 0 fully saturated rings. The highest BCUT2D eigenvalue weighted by atomic mass is 79.9. The van der Waals surface area contributed by atoms with Crippen molar-refractivity contribution in [1.29, 1.82) is 0 Å². The van der Waals surface area contributed by atoms with Gasteiger partial charge in [0.05, 0.1) is 36.1 Å². The van der Waals surface area contributed by atoms with Crippen LogP contribution in [0.5, 0.6) is 11.5 Å². The average Bonchev–Trinajstić information content (AvgIpc) is 3.28. The van der Waals surface area contributed by atoms with Crippen molar-refractivity contribution in [1.82, 2.24) is 5.01 Å². The van der Waals surface area contributed by atoms with Gasteiger partial charge in [0.1, 0.15) is 36.9 Å². The molecule has 0 amide bonds. The zero-order chi connectivity index (χ0) is 24.7. The normalized spacial score (nSPS) is 17.6. The van der Waals surface area contributed by atoms with Crippen LogP contribution >= 0.6 is 27.5 Å². The molecular weight excluding hydrogens is 526 g/mol. The summed E-state index contributed by atoms with van der Waals surface area (Å²) in [6.45, 7) is 5.14. The van der Waals surface area contributed by atoms with Gasteiger partial charge in [-0.3, -0.25) is 5.01 Å². The van der Waals surface area contributed by atoms with Gasteiger partial charge in [0, 0.05) is 5.41 Å². The Balaban J connectivity index is 1.58. The van der Waals surface area contributed by atoms with Crippen LogP contribution in [0.15, 0.2) is 57.3 Å². The maximum Gasteiger partial charge on any atom is 0.133 e. The highest BCUT2D eigenvalue weighted by Crippen LogP contribution is 2.36. The molecule has 0 radical (unpaired) electrons. The maximum absolute atomic E-state index is 10.3. The molecule has 0 aliphatic carbocycles. The third kappa shape index (κ3) is 6.82. The van der Waals surface area contributed by atoms with Crippen molar-refractivity contribution in [2.24, 2.45) is 10.3 Å². The van der Waals surface area contributed by atoms with Gasteiger partial charge in [-0.15, -0.1) is 11.6 Å². The molecular formula is C24H31BrClN3O5. The number of ether oxygens (including phenoxy) is 2. The van der Waals surface area contributed by atoms with Crippen molar-refractivity contribution >= 4 is 27.5 Å². The van der Waals surface area contributed by atoms with E-state index in [0.29, 0.717) is 18.0 Å². The van der Waals surface area contributed by atoms with Crippen molar-refractivity contribution in [2.45, 2.75) is 37.5 Å². The molecule has 1 heterocycles. The molecule has 0 bridgehead atoms. The first-order valence-corrected chi connectivity index (χ1v) is 12.4. The zero-order valence-corrected chi connectivity index (χ0v) is 21.6. The monoisotopic (exact) mass is 555 g/mol. The zero-order valence-electron chi connectivity index (χ0n) is 19.3. The lowest BCUT2D eigenvalue weighted by atomic mass is 9.78. The van der Waals surface area contributed by atoms with Gasteiger partial charge in [0.15, 0.2) is 0 Å². The number of benzene rings is 2. The molecule has 0 spiro atoms. The van der Waals surface area contributed by atoms with Gasteiger partial charge in [-0.2, -0.15) is 5.11 Å². The second kappa shape index (κ2) is 12.2. The maximum atomic E-state index is 10.3. The van der Waals surface area contributed by atoms with Crippen molar-refractivity contribution in [2.75, 3.05) is 38.8 Å². The smallest absolute Gasteiger partial charge is 0.133 e. The van der Waals surface area contributed by atoms with E-state index in [4.69, 9.17) is 21.1 Å². The van der Waals surface area contributed by atoms with E-state index in [2.05, 4.69) is 40.1 Å². The molecule has 2 aromatic carbocycles. The number of β-amino-alcohol motifs (C(OH)–C–C–N with tert-alkyl or cyclic N) is 1. The summed E-state index contributed by atoms with van der Waals surface area (Å²) in [7, 11) is 0. The largest absolute Gasteiger partial charge is 0.491 e. The highest BCUT2D eigenvalue weighted by molar-refractivity contribution is 9.10. The van der Waals surface area contributed by atoms with E-state index < -0.39 is 12.2 Å². The number of rotatable bonds is 12. The second-order valence-electron chi connectivity index (χ2n) is 8.75. The van der Waals surface area contributed by atoms with Gasteiger partial charge >= 0.3 is 0 Å². The van der Waals surface area contributed by atoms with Gasteiger partial charge < -0.3 is 24.8 Å². The Kier molecular flexibility index (Phi) is 9.56.